The van der Waals surface area contributed by atoms with E-state index in [1.807, 2.05) is 49.4 Å². The minimum absolute atomic E-state index is 0.174. The highest BCUT2D eigenvalue weighted by molar-refractivity contribution is 7.80. The van der Waals surface area contributed by atoms with Gasteiger partial charge in [-0.3, -0.25) is 10.1 Å². The standard InChI is InChI=1S/C18H16N2O3S/c1-2-22-15-10-6-4-8-13(15)19-18(24)20-17(21)16-11-12-7-3-5-9-14(12)23-16/h3-11H,2H2,1H3,(H2,19,20,21,24). The van der Waals surface area contributed by atoms with Crippen molar-refractivity contribution >= 4 is 39.9 Å². The highest BCUT2D eigenvalue weighted by atomic mass is 32.1. The first kappa shape index (κ1) is 16.0. The number of furan rings is 1. The van der Waals surface area contributed by atoms with Crippen molar-refractivity contribution in [1.29, 1.82) is 0 Å². The summed E-state index contributed by atoms with van der Waals surface area (Å²) in [7, 11) is 0. The zero-order valence-corrected chi connectivity index (χ0v) is 13.9. The predicted molar refractivity (Wildman–Crippen MR) is 97.5 cm³/mol. The van der Waals surface area contributed by atoms with Gasteiger partial charge in [0.05, 0.1) is 12.3 Å². The molecule has 0 aliphatic heterocycles. The van der Waals surface area contributed by atoms with Crippen LogP contribution in [0, 0.1) is 0 Å². The van der Waals surface area contributed by atoms with E-state index in [2.05, 4.69) is 10.6 Å². The van der Waals surface area contributed by atoms with Gasteiger partial charge in [-0.1, -0.05) is 30.3 Å². The molecular formula is C18H16N2O3S. The number of rotatable bonds is 4. The summed E-state index contributed by atoms with van der Waals surface area (Å²) < 4.78 is 11.0. The van der Waals surface area contributed by atoms with Crippen LogP contribution in [0.4, 0.5) is 5.69 Å². The summed E-state index contributed by atoms with van der Waals surface area (Å²) in [5, 5.41) is 6.61. The molecule has 2 aromatic carbocycles. The highest BCUT2D eigenvalue weighted by Gasteiger charge is 2.14. The van der Waals surface area contributed by atoms with Crippen molar-refractivity contribution in [3.05, 3.63) is 60.4 Å². The van der Waals surface area contributed by atoms with Gasteiger partial charge in [-0.15, -0.1) is 0 Å². The Morgan fingerprint density at radius 3 is 2.71 bits per heavy atom. The zero-order valence-electron chi connectivity index (χ0n) is 13.0. The number of para-hydroxylation sites is 3. The van der Waals surface area contributed by atoms with Crippen LogP contribution in [0.5, 0.6) is 5.75 Å². The predicted octanol–water partition coefficient (Wildman–Crippen LogP) is 3.96. The number of hydrogen-bond acceptors (Lipinski definition) is 4. The van der Waals surface area contributed by atoms with E-state index in [1.165, 1.54) is 0 Å². The van der Waals surface area contributed by atoms with Crippen molar-refractivity contribution < 1.29 is 13.9 Å². The van der Waals surface area contributed by atoms with E-state index in [-0.39, 0.29) is 10.9 Å². The Labute approximate surface area is 144 Å². The quantitative estimate of drug-likeness (QED) is 0.704. The molecule has 3 aromatic rings. The van der Waals surface area contributed by atoms with E-state index >= 15 is 0 Å². The molecule has 0 spiro atoms. The molecule has 0 bridgehead atoms. The van der Waals surface area contributed by atoms with Gasteiger partial charge >= 0.3 is 0 Å². The van der Waals surface area contributed by atoms with Crippen molar-refractivity contribution in [3.63, 3.8) is 0 Å². The molecule has 1 heterocycles. The van der Waals surface area contributed by atoms with E-state index in [0.29, 0.717) is 23.6 Å². The molecular weight excluding hydrogens is 324 g/mol. The highest BCUT2D eigenvalue weighted by Crippen LogP contribution is 2.23. The van der Waals surface area contributed by atoms with E-state index in [4.69, 9.17) is 21.4 Å². The fourth-order valence-electron chi connectivity index (χ4n) is 2.26. The molecule has 0 saturated carbocycles. The first-order chi connectivity index (χ1) is 11.7. The van der Waals surface area contributed by atoms with E-state index in [9.17, 15) is 4.79 Å². The molecule has 3 rings (SSSR count). The Kier molecular flexibility index (Phi) is 4.77. The van der Waals surface area contributed by atoms with Gasteiger partial charge in [-0.05, 0) is 43.4 Å². The number of carbonyl (C=O) groups excluding carboxylic acids is 1. The number of carbonyl (C=O) groups is 1. The molecule has 0 aliphatic rings. The summed E-state index contributed by atoms with van der Waals surface area (Å²) in [4.78, 5) is 12.3. The second kappa shape index (κ2) is 7.14. The lowest BCUT2D eigenvalue weighted by Crippen LogP contribution is -2.34. The third-order valence-electron chi connectivity index (χ3n) is 3.31. The van der Waals surface area contributed by atoms with Crippen LogP contribution in [-0.4, -0.2) is 17.6 Å². The summed E-state index contributed by atoms with van der Waals surface area (Å²) in [6.07, 6.45) is 0. The summed E-state index contributed by atoms with van der Waals surface area (Å²) in [5.41, 5.74) is 1.34. The molecule has 24 heavy (non-hydrogen) atoms. The molecule has 0 fully saturated rings. The fourth-order valence-corrected chi connectivity index (χ4v) is 2.47. The van der Waals surface area contributed by atoms with Crippen molar-refractivity contribution in [1.82, 2.24) is 5.32 Å². The molecule has 0 unspecified atom stereocenters. The summed E-state index contributed by atoms with van der Waals surface area (Å²) in [5.74, 6) is 0.469. The largest absolute Gasteiger partial charge is 0.492 e. The van der Waals surface area contributed by atoms with Gasteiger partial charge in [0.25, 0.3) is 5.91 Å². The lowest BCUT2D eigenvalue weighted by molar-refractivity contribution is 0.0953. The van der Waals surface area contributed by atoms with Gasteiger partial charge in [0.15, 0.2) is 10.9 Å². The Bertz CT molecular complexity index is 856. The van der Waals surface area contributed by atoms with Crippen LogP contribution >= 0.6 is 12.2 Å². The number of ether oxygens (including phenoxy) is 1. The topological polar surface area (TPSA) is 63.5 Å². The average Bonchev–Trinajstić information content (AvgIpc) is 3.01. The second-order valence-corrected chi connectivity index (χ2v) is 5.39. The fraction of sp³-hybridized carbons (Fsp3) is 0.111. The van der Waals surface area contributed by atoms with Crippen molar-refractivity contribution in [2.45, 2.75) is 6.92 Å². The normalized spacial score (nSPS) is 10.4. The third-order valence-corrected chi connectivity index (χ3v) is 3.52. The van der Waals surface area contributed by atoms with Gasteiger partial charge < -0.3 is 14.5 Å². The second-order valence-electron chi connectivity index (χ2n) is 4.99. The molecule has 0 saturated heterocycles. The van der Waals surface area contributed by atoms with Gasteiger partial charge in [-0.2, -0.15) is 0 Å². The lowest BCUT2D eigenvalue weighted by atomic mass is 10.2. The van der Waals surface area contributed by atoms with Crippen LogP contribution in [0.25, 0.3) is 11.0 Å². The number of amides is 1. The average molecular weight is 340 g/mol. The van der Waals surface area contributed by atoms with Crippen LogP contribution < -0.4 is 15.4 Å². The number of hydrogen-bond donors (Lipinski definition) is 2. The number of nitrogens with one attached hydrogen (secondary N) is 2. The van der Waals surface area contributed by atoms with Gasteiger partial charge in [0.2, 0.25) is 0 Å². The Morgan fingerprint density at radius 2 is 1.92 bits per heavy atom. The lowest BCUT2D eigenvalue weighted by Gasteiger charge is -2.12. The molecule has 0 atom stereocenters. The smallest absolute Gasteiger partial charge is 0.293 e. The maximum Gasteiger partial charge on any atom is 0.293 e. The van der Waals surface area contributed by atoms with E-state index < -0.39 is 5.91 Å². The molecule has 0 radical (unpaired) electrons. The number of fused-ring (bicyclic) bond motifs is 1. The third kappa shape index (κ3) is 3.55. The Hall–Kier alpha value is -2.86. The SMILES string of the molecule is CCOc1ccccc1NC(=S)NC(=O)c1cc2ccccc2o1. The van der Waals surface area contributed by atoms with Gasteiger partial charge in [-0.25, -0.2) is 0 Å². The first-order valence-electron chi connectivity index (χ1n) is 7.50. The molecule has 122 valence electrons. The number of thiocarbonyl (C=S) groups is 1. The zero-order chi connectivity index (χ0) is 16.9. The first-order valence-corrected chi connectivity index (χ1v) is 7.91. The van der Waals surface area contributed by atoms with Gasteiger partial charge in [0.1, 0.15) is 11.3 Å². The maximum absolute atomic E-state index is 12.3. The van der Waals surface area contributed by atoms with Crippen molar-refractivity contribution in [2.24, 2.45) is 0 Å². The van der Waals surface area contributed by atoms with Crippen LogP contribution in [0.15, 0.2) is 59.0 Å². The Morgan fingerprint density at radius 1 is 1.17 bits per heavy atom. The number of anilines is 1. The molecule has 1 amide bonds. The minimum Gasteiger partial charge on any atom is -0.492 e. The van der Waals surface area contributed by atoms with Gasteiger partial charge in [0, 0.05) is 5.39 Å². The molecule has 2 N–H and O–H groups in total. The monoisotopic (exact) mass is 340 g/mol. The molecule has 6 heteroatoms. The van der Waals surface area contributed by atoms with E-state index in [1.54, 1.807) is 12.1 Å². The number of benzene rings is 2. The summed E-state index contributed by atoms with van der Waals surface area (Å²) >= 11 is 5.20. The molecule has 1 aromatic heterocycles. The summed E-state index contributed by atoms with van der Waals surface area (Å²) in [6, 6.07) is 16.5. The van der Waals surface area contributed by atoms with Crippen LogP contribution in [-0.2, 0) is 0 Å². The summed E-state index contributed by atoms with van der Waals surface area (Å²) in [6.45, 7) is 2.44. The Balaban J connectivity index is 1.69. The minimum atomic E-state index is -0.405. The maximum atomic E-state index is 12.3. The van der Waals surface area contributed by atoms with E-state index in [0.717, 1.165) is 5.39 Å². The molecule has 5 nitrogen and oxygen atoms in total. The van der Waals surface area contributed by atoms with Crippen molar-refractivity contribution in [3.8, 4) is 5.75 Å². The van der Waals surface area contributed by atoms with Crippen LogP contribution in [0.1, 0.15) is 17.5 Å². The molecule has 0 aliphatic carbocycles. The van der Waals surface area contributed by atoms with Crippen LogP contribution in [0.3, 0.4) is 0 Å². The van der Waals surface area contributed by atoms with Crippen LogP contribution in [0.2, 0.25) is 0 Å². The van der Waals surface area contributed by atoms with Crippen molar-refractivity contribution in [2.75, 3.05) is 11.9 Å².